The first-order valence-electron chi connectivity index (χ1n) is 8.06. The summed E-state index contributed by atoms with van der Waals surface area (Å²) in [7, 11) is 0. The van der Waals surface area contributed by atoms with Gasteiger partial charge in [-0.2, -0.15) is 0 Å². The Bertz CT molecular complexity index is 695. The summed E-state index contributed by atoms with van der Waals surface area (Å²) >= 11 is 0. The van der Waals surface area contributed by atoms with E-state index in [1.165, 1.54) is 26.0 Å². The van der Waals surface area contributed by atoms with E-state index in [2.05, 4.69) is 0 Å². The number of hydrogen-bond acceptors (Lipinski definition) is 7. The Morgan fingerprint density at radius 2 is 1.44 bits per heavy atom. The average molecular weight is 471 g/mol. The summed E-state index contributed by atoms with van der Waals surface area (Å²) in [6.45, 7) is 8.25. The maximum atomic E-state index is 12.4. The molecule has 4 aliphatic rings. The zero-order valence-electron chi connectivity index (χ0n) is 14.4. The first-order chi connectivity index (χ1) is 11.4. The van der Waals surface area contributed by atoms with Gasteiger partial charge in [-0.25, -0.2) is 0 Å². The van der Waals surface area contributed by atoms with E-state index in [9.17, 15) is 14.4 Å². The second kappa shape index (κ2) is 8.01. The number of Topliss-reactive ketones (excluding diaryl/α,β-unsaturated/α-hetero) is 1. The van der Waals surface area contributed by atoms with Crippen molar-refractivity contribution >= 4 is 17.3 Å². The number of hydrogen-bond donors (Lipinski definition) is 1. The number of nitrogens with zero attached hydrogens (tertiary/aromatic N) is 3. The fourth-order valence-electron chi connectivity index (χ4n) is 2.57. The molecule has 0 amide bonds. The normalized spacial score (nSPS) is 21.3. The molecule has 0 aromatic heterocycles. The van der Waals surface area contributed by atoms with Crippen LogP contribution in [0.5, 0.6) is 0 Å². The standard InChI is InChI=1S/C12H13N3O2.C5H8O2.Ce/c16-9-7-8(13-1-2-13)12(17)11(15-5-6-15)10(9)14-3-4-14;1-4(6)3-5(2)7;/h7H,1-6H2;3,6H,1-2H3;/b;4-3-;. The van der Waals surface area contributed by atoms with Crippen LogP contribution >= 0.6 is 0 Å². The van der Waals surface area contributed by atoms with Gasteiger partial charge in [0.2, 0.25) is 11.6 Å². The number of carbonyl (C=O) groups excluding carboxylic acids is 3. The number of carbonyl (C=O) groups is 3. The third-order valence-corrected chi connectivity index (χ3v) is 3.90. The summed E-state index contributed by atoms with van der Waals surface area (Å²) in [5.74, 6) is -0.0140. The Kier molecular flexibility index (Phi) is 6.44. The van der Waals surface area contributed by atoms with Crippen LogP contribution in [0.15, 0.2) is 35.0 Å². The number of aliphatic hydroxyl groups is 1. The van der Waals surface area contributed by atoms with Gasteiger partial charge >= 0.3 is 0 Å². The fraction of sp³-hybridized carbons (Fsp3) is 0.471. The molecule has 0 bridgehead atoms. The van der Waals surface area contributed by atoms with Gasteiger partial charge < -0.3 is 19.8 Å². The Morgan fingerprint density at radius 3 is 1.80 bits per heavy atom. The Hall–Kier alpha value is -1.19. The minimum atomic E-state index is -0.125. The van der Waals surface area contributed by atoms with Gasteiger partial charge in [-0.15, -0.1) is 0 Å². The topological polar surface area (TPSA) is 80.5 Å². The maximum Gasteiger partial charge on any atom is 0.227 e. The van der Waals surface area contributed by atoms with Crippen LogP contribution < -0.4 is 0 Å². The molecule has 0 radical (unpaired) electrons. The molecule has 3 aliphatic heterocycles. The third-order valence-electron chi connectivity index (χ3n) is 3.90. The summed E-state index contributed by atoms with van der Waals surface area (Å²) < 4.78 is 0. The predicted molar refractivity (Wildman–Crippen MR) is 86.9 cm³/mol. The van der Waals surface area contributed by atoms with Crippen LogP contribution in [-0.2, 0) is 14.4 Å². The van der Waals surface area contributed by atoms with Gasteiger partial charge in [0.1, 0.15) is 11.4 Å². The van der Waals surface area contributed by atoms with Crippen molar-refractivity contribution in [1.82, 2.24) is 14.7 Å². The molecule has 1 N–H and O–H groups in total. The van der Waals surface area contributed by atoms with E-state index in [0.29, 0.717) is 17.1 Å². The monoisotopic (exact) mass is 471 g/mol. The van der Waals surface area contributed by atoms with Crippen LogP contribution in [0.2, 0.25) is 0 Å². The third kappa shape index (κ3) is 5.14. The molecule has 3 heterocycles. The second-order valence-corrected chi connectivity index (χ2v) is 6.28. The summed E-state index contributed by atoms with van der Waals surface area (Å²) in [5, 5.41) is 8.36. The molecule has 3 saturated heterocycles. The van der Waals surface area contributed by atoms with Crippen LogP contribution in [0, 0.1) is 41.7 Å². The van der Waals surface area contributed by atoms with Crippen LogP contribution in [0.25, 0.3) is 0 Å². The quantitative estimate of drug-likeness (QED) is 0.272. The number of rotatable bonds is 4. The van der Waals surface area contributed by atoms with Crippen molar-refractivity contribution in [2.45, 2.75) is 13.8 Å². The van der Waals surface area contributed by atoms with E-state index in [4.69, 9.17) is 5.11 Å². The number of ketones is 3. The molecule has 0 aromatic rings. The van der Waals surface area contributed by atoms with E-state index in [1.54, 1.807) is 0 Å². The van der Waals surface area contributed by atoms with Gasteiger partial charge in [-0.1, -0.05) is 0 Å². The summed E-state index contributed by atoms with van der Waals surface area (Å²) in [5.41, 5.74) is 1.89. The minimum absolute atomic E-state index is 0. The van der Waals surface area contributed by atoms with Gasteiger partial charge in [-0.05, 0) is 13.8 Å². The van der Waals surface area contributed by atoms with Gasteiger partial charge in [-0.3, -0.25) is 14.4 Å². The molecular weight excluding hydrogens is 450 g/mol. The number of allylic oxidation sites excluding steroid dienone is 3. The second-order valence-electron chi connectivity index (χ2n) is 6.28. The summed E-state index contributed by atoms with van der Waals surface area (Å²) in [4.78, 5) is 40.5. The molecule has 25 heavy (non-hydrogen) atoms. The zero-order chi connectivity index (χ0) is 17.4. The van der Waals surface area contributed by atoms with Crippen LogP contribution in [0.1, 0.15) is 13.8 Å². The van der Waals surface area contributed by atoms with Crippen LogP contribution in [0.4, 0.5) is 0 Å². The SMILES string of the molecule is CC(=O)/C=C(/C)O.O=C1C=C(N2CC2)C(=O)C(N2CC2)=C1N1CC1.[Ce]. The van der Waals surface area contributed by atoms with Crippen LogP contribution in [0.3, 0.4) is 0 Å². The molecule has 0 atom stereocenters. The average Bonchev–Trinajstić information content (AvgIpc) is 3.36. The molecule has 1 aliphatic carbocycles. The largest absolute Gasteiger partial charge is 0.512 e. The fourth-order valence-corrected chi connectivity index (χ4v) is 2.57. The molecule has 7 nitrogen and oxygen atoms in total. The molecule has 132 valence electrons. The van der Waals surface area contributed by atoms with Crippen molar-refractivity contribution in [1.29, 1.82) is 0 Å². The first-order valence-corrected chi connectivity index (χ1v) is 8.06. The maximum absolute atomic E-state index is 12.4. The first kappa shape index (κ1) is 20.1. The van der Waals surface area contributed by atoms with E-state index in [0.717, 1.165) is 39.3 Å². The zero-order valence-corrected chi connectivity index (χ0v) is 17.6. The van der Waals surface area contributed by atoms with Crippen molar-refractivity contribution in [3.63, 3.8) is 0 Å². The van der Waals surface area contributed by atoms with E-state index < -0.39 is 0 Å². The smallest absolute Gasteiger partial charge is 0.227 e. The molecule has 8 heteroatoms. The molecule has 0 spiro atoms. The van der Waals surface area contributed by atoms with Gasteiger partial charge in [0.15, 0.2) is 5.78 Å². The van der Waals surface area contributed by atoms with E-state index >= 15 is 0 Å². The van der Waals surface area contributed by atoms with Gasteiger partial charge in [0.05, 0.1) is 11.5 Å². The molecular formula is C17H21CeN3O4. The predicted octanol–water partition coefficient (Wildman–Crippen LogP) is 0.218. The number of aliphatic hydroxyl groups excluding tert-OH is 1. The Balaban J connectivity index is 0.000000246. The minimum Gasteiger partial charge on any atom is -0.512 e. The Labute approximate surface area is 180 Å². The molecule has 0 unspecified atom stereocenters. The van der Waals surface area contributed by atoms with Crippen molar-refractivity contribution in [2.24, 2.45) is 0 Å². The van der Waals surface area contributed by atoms with Crippen LogP contribution in [-0.4, -0.2) is 76.4 Å². The summed E-state index contributed by atoms with van der Waals surface area (Å²) in [6.07, 6.45) is 2.69. The van der Waals surface area contributed by atoms with E-state index in [1.807, 2.05) is 14.7 Å². The summed E-state index contributed by atoms with van der Waals surface area (Å²) in [6, 6.07) is 0. The van der Waals surface area contributed by atoms with Crippen molar-refractivity contribution < 1.29 is 61.2 Å². The Morgan fingerprint density at radius 1 is 0.960 bits per heavy atom. The van der Waals surface area contributed by atoms with Crippen molar-refractivity contribution in [2.75, 3.05) is 39.3 Å². The van der Waals surface area contributed by atoms with Crippen molar-refractivity contribution in [3.8, 4) is 0 Å². The van der Waals surface area contributed by atoms with Gasteiger partial charge in [0, 0.05) is 93.2 Å². The van der Waals surface area contributed by atoms with E-state index in [-0.39, 0.29) is 64.9 Å². The molecule has 3 fully saturated rings. The molecule has 0 aromatic carbocycles. The molecule has 4 rings (SSSR count). The van der Waals surface area contributed by atoms with Crippen molar-refractivity contribution in [3.05, 3.63) is 35.0 Å². The molecule has 0 saturated carbocycles. The van der Waals surface area contributed by atoms with Gasteiger partial charge in [0.25, 0.3) is 0 Å².